The minimum Gasteiger partial charge on any atom is -0.507 e. The Bertz CT molecular complexity index is 1050. The lowest BCUT2D eigenvalue weighted by atomic mass is 10.1. The molecule has 5 nitrogen and oxygen atoms in total. The first-order chi connectivity index (χ1) is 13.9. The van der Waals surface area contributed by atoms with E-state index in [4.69, 9.17) is 27.9 Å². The molecule has 0 aliphatic rings. The maximum Gasteiger partial charge on any atom is 0.271 e. The van der Waals surface area contributed by atoms with E-state index in [2.05, 4.69) is 10.5 Å². The second kappa shape index (κ2) is 9.45. The van der Waals surface area contributed by atoms with Crippen LogP contribution in [0.15, 0.2) is 71.8 Å². The lowest BCUT2D eigenvalue weighted by Crippen LogP contribution is -2.19. The fraction of sp³-hybridized carbons (Fsp3) is 0.0909. The van der Waals surface area contributed by atoms with E-state index in [1.54, 1.807) is 73.7 Å². The lowest BCUT2D eigenvalue weighted by molar-refractivity contribution is 0.0954. The van der Waals surface area contributed by atoms with Crippen molar-refractivity contribution in [1.29, 1.82) is 0 Å². The number of hydrogen-bond donors (Lipinski definition) is 2. The lowest BCUT2D eigenvalue weighted by Gasteiger charge is -2.09. The van der Waals surface area contributed by atoms with Crippen LogP contribution >= 0.6 is 23.2 Å². The monoisotopic (exact) mass is 428 g/mol. The molecule has 7 heteroatoms. The fourth-order valence-electron chi connectivity index (χ4n) is 2.54. The molecule has 0 aromatic heterocycles. The Morgan fingerprint density at radius 2 is 1.79 bits per heavy atom. The van der Waals surface area contributed by atoms with Crippen molar-refractivity contribution in [2.45, 2.75) is 13.5 Å². The number of carbonyl (C=O) groups excluding carboxylic acids is 1. The number of amides is 1. The van der Waals surface area contributed by atoms with Gasteiger partial charge in [0.2, 0.25) is 0 Å². The van der Waals surface area contributed by atoms with E-state index in [-0.39, 0.29) is 18.3 Å². The molecule has 0 aliphatic heterocycles. The molecule has 0 heterocycles. The van der Waals surface area contributed by atoms with Crippen molar-refractivity contribution in [2.24, 2.45) is 5.10 Å². The van der Waals surface area contributed by atoms with E-state index < -0.39 is 0 Å². The topological polar surface area (TPSA) is 70.9 Å². The Kier molecular flexibility index (Phi) is 6.75. The molecule has 3 aromatic rings. The molecule has 3 rings (SSSR count). The van der Waals surface area contributed by atoms with Crippen LogP contribution in [0.3, 0.4) is 0 Å². The number of rotatable bonds is 6. The summed E-state index contributed by atoms with van der Waals surface area (Å²) >= 11 is 12.0. The zero-order chi connectivity index (χ0) is 20.8. The molecule has 1 amide bonds. The van der Waals surface area contributed by atoms with Crippen LogP contribution in [-0.4, -0.2) is 16.7 Å². The van der Waals surface area contributed by atoms with Crippen LogP contribution in [0, 0.1) is 0 Å². The summed E-state index contributed by atoms with van der Waals surface area (Å²) in [7, 11) is 0. The third-order valence-corrected chi connectivity index (χ3v) is 4.73. The van der Waals surface area contributed by atoms with Gasteiger partial charge in [0.15, 0.2) is 0 Å². The molecular weight excluding hydrogens is 411 g/mol. The average Bonchev–Trinajstić information content (AvgIpc) is 2.72. The van der Waals surface area contributed by atoms with Gasteiger partial charge in [-0.2, -0.15) is 5.10 Å². The first-order valence-electron chi connectivity index (χ1n) is 8.74. The highest BCUT2D eigenvalue weighted by atomic mass is 35.5. The molecule has 0 saturated carbocycles. The summed E-state index contributed by atoms with van der Waals surface area (Å²) in [6.45, 7) is 1.99. The van der Waals surface area contributed by atoms with Crippen LogP contribution in [0.2, 0.25) is 10.0 Å². The second-order valence-corrected chi connectivity index (χ2v) is 7.05. The minimum atomic E-state index is -0.368. The standard InChI is InChI=1S/C22H18Cl2N2O3/c1-14(19-4-2-3-5-21(19)27)25-26-22(28)15-7-10-18(11-8-15)29-13-16-6-9-17(23)12-20(16)24/h2-12,27H,13H2,1H3,(H,26,28)/b25-14+. The van der Waals surface area contributed by atoms with Crippen molar-refractivity contribution in [2.75, 3.05) is 0 Å². The summed E-state index contributed by atoms with van der Waals surface area (Å²) in [6.07, 6.45) is 0. The van der Waals surface area contributed by atoms with Crippen LogP contribution < -0.4 is 10.2 Å². The summed E-state index contributed by atoms with van der Waals surface area (Å²) in [5, 5.41) is 15.0. The van der Waals surface area contributed by atoms with Gasteiger partial charge in [-0.25, -0.2) is 5.43 Å². The smallest absolute Gasteiger partial charge is 0.271 e. The fourth-order valence-corrected chi connectivity index (χ4v) is 3.00. The third kappa shape index (κ3) is 5.50. The zero-order valence-electron chi connectivity index (χ0n) is 15.5. The molecule has 2 N–H and O–H groups in total. The van der Waals surface area contributed by atoms with Crippen LogP contribution in [0.4, 0.5) is 0 Å². The first kappa shape index (κ1) is 20.7. The van der Waals surface area contributed by atoms with Gasteiger partial charge in [0.05, 0.1) is 5.71 Å². The largest absolute Gasteiger partial charge is 0.507 e. The summed E-state index contributed by atoms with van der Waals surface area (Å²) in [5.74, 6) is 0.332. The van der Waals surface area contributed by atoms with Crippen molar-refractivity contribution in [3.63, 3.8) is 0 Å². The molecule has 0 unspecified atom stereocenters. The highest BCUT2D eigenvalue weighted by Crippen LogP contribution is 2.23. The number of nitrogens with one attached hydrogen (secondary N) is 1. The number of carbonyl (C=O) groups is 1. The molecule has 0 spiro atoms. The minimum absolute atomic E-state index is 0.102. The Labute approximate surface area is 178 Å². The number of para-hydroxylation sites is 1. The van der Waals surface area contributed by atoms with E-state index in [1.807, 2.05) is 0 Å². The van der Waals surface area contributed by atoms with Crippen LogP contribution in [-0.2, 0) is 6.61 Å². The number of hydrazone groups is 1. The van der Waals surface area contributed by atoms with Gasteiger partial charge in [-0.1, -0.05) is 41.4 Å². The van der Waals surface area contributed by atoms with Crippen molar-refractivity contribution >= 4 is 34.8 Å². The first-order valence-corrected chi connectivity index (χ1v) is 9.49. The summed E-state index contributed by atoms with van der Waals surface area (Å²) < 4.78 is 5.70. The van der Waals surface area contributed by atoms with Gasteiger partial charge >= 0.3 is 0 Å². The Balaban J connectivity index is 1.60. The van der Waals surface area contributed by atoms with Crippen molar-refractivity contribution in [3.05, 3.63) is 93.5 Å². The zero-order valence-corrected chi connectivity index (χ0v) is 17.0. The Morgan fingerprint density at radius 1 is 1.07 bits per heavy atom. The van der Waals surface area contributed by atoms with E-state index in [0.29, 0.717) is 32.6 Å². The second-order valence-electron chi connectivity index (χ2n) is 6.20. The van der Waals surface area contributed by atoms with Crippen LogP contribution in [0.1, 0.15) is 28.4 Å². The number of phenolic OH excluding ortho intramolecular Hbond substituents is 1. The van der Waals surface area contributed by atoms with E-state index in [1.165, 1.54) is 0 Å². The van der Waals surface area contributed by atoms with E-state index in [0.717, 1.165) is 5.56 Å². The van der Waals surface area contributed by atoms with Gasteiger partial charge in [0, 0.05) is 26.7 Å². The molecule has 0 aliphatic carbocycles. The summed E-state index contributed by atoms with van der Waals surface area (Å²) in [5.41, 5.74) is 4.77. The molecule has 0 bridgehead atoms. The van der Waals surface area contributed by atoms with Crippen molar-refractivity contribution < 1.29 is 14.6 Å². The third-order valence-electron chi connectivity index (χ3n) is 4.14. The average molecular weight is 429 g/mol. The normalized spacial score (nSPS) is 11.2. The van der Waals surface area contributed by atoms with Gasteiger partial charge in [0.25, 0.3) is 5.91 Å². The van der Waals surface area contributed by atoms with Crippen LogP contribution in [0.25, 0.3) is 0 Å². The molecule has 29 heavy (non-hydrogen) atoms. The number of phenols is 1. The van der Waals surface area contributed by atoms with Gasteiger partial charge in [-0.05, 0) is 55.5 Å². The van der Waals surface area contributed by atoms with Gasteiger partial charge < -0.3 is 9.84 Å². The van der Waals surface area contributed by atoms with E-state index >= 15 is 0 Å². The number of aromatic hydroxyl groups is 1. The predicted octanol–water partition coefficient (Wildman–Crippen LogP) is 5.43. The molecule has 0 saturated heterocycles. The van der Waals surface area contributed by atoms with Crippen LogP contribution in [0.5, 0.6) is 11.5 Å². The highest BCUT2D eigenvalue weighted by molar-refractivity contribution is 6.35. The number of ether oxygens (including phenoxy) is 1. The Morgan fingerprint density at radius 3 is 2.48 bits per heavy atom. The number of benzene rings is 3. The number of halogens is 2. The SMILES string of the molecule is C/C(=N\NC(=O)c1ccc(OCc2ccc(Cl)cc2Cl)cc1)c1ccccc1O. The van der Waals surface area contributed by atoms with Gasteiger partial charge in [-0.15, -0.1) is 0 Å². The maximum absolute atomic E-state index is 12.3. The molecule has 0 atom stereocenters. The van der Waals surface area contributed by atoms with Crippen molar-refractivity contribution in [3.8, 4) is 11.5 Å². The Hall–Kier alpha value is -3.02. The number of nitrogens with zero attached hydrogens (tertiary/aromatic N) is 1. The predicted molar refractivity (Wildman–Crippen MR) is 115 cm³/mol. The molecular formula is C22H18Cl2N2O3. The molecule has 0 radical (unpaired) electrons. The molecule has 148 valence electrons. The summed E-state index contributed by atoms with van der Waals surface area (Å²) in [6, 6.07) is 18.7. The maximum atomic E-state index is 12.3. The number of hydrogen-bond acceptors (Lipinski definition) is 4. The van der Waals surface area contributed by atoms with Gasteiger partial charge in [0.1, 0.15) is 18.1 Å². The molecule has 0 fully saturated rings. The van der Waals surface area contributed by atoms with E-state index in [9.17, 15) is 9.90 Å². The van der Waals surface area contributed by atoms with Crippen molar-refractivity contribution in [1.82, 2.24) is 5.43 Å². The molecule has 3 aromatic carbocycles. The quantitative estimate of drug-likeness (QED) is 0.405. The summed E-state index contributed by atoms with van der Waals surface area (Å²) in [4.78, 5) is 12.3. The highest BCUT2D eigenvalue weighted by Gasteiger charge is 2.08. The van der Waals surface area contributed by atoms with Gasteiger partial charge in [-0.3, -0.25) is 4.79 Å².